The second kappa shape index (κ2) is 3.44. The fraction of sp³-hybridized carbons (Fsp3) is 0.600. The average molecular weight is 260 g/mol. The Morgan fingerprint density at radius 2 is 1.32 bits per heavy atom. The van der Waals surface area contributed by atoms with Crippen molar-refractivity contribution in [1.82, 2.24) is 0 Å². The number of carbonyl (C=O) groups is 2. The fourth-order valence-corrected chi connectivity index (χ4v) is 4.13. The van der Waals surface area contributed by atoms with Crippen molar-refractivity contribution in [2.45, 2.75) is 31.8 Å². The predicted octanol–water partition coefficient (Wildman–Crippen LogP) is 1.26. The van der Waals surface area contributed by atoms with E-state index in [1.807, 2.05) is 26.0 Å². The molecule has 2 fully saturated rings. The molecule has 100 valence electrons. The maximum Gasteiger partial charge on any atom is 0.163 e. The zero-order valence-electron chi connectivity index (χ0n) is 10.9. The molecule has 0 spiro atoms. The minimum Gasteiger partial charge on any atom is -0.344 e. The minimum absolute atomic E-state index is 0.0387. The first-order valence-electron chi connectivity index (χ1n) is 6.78. The van der Waals surface area contributed by atoms with Gasteiger partial charge in [0.05, 0.1) is 12.2 Å². The van der Waals surface area contributed by atoms with E-state index in [0.29, 0.717) is 0 Å². The molecule has 0 aromatic rings. The zero-order chi connectivity index (χ0) is 13.4. The molecule has 6 atom stereocenters. The normalized spacial score (nSPS) is 49.4. The second-order valence-electron chi connectivity index (χ2n) is 6.29. The third-order valence-corrected chi connectivity index (χ3v) is 4.76. The van der Waals surface area contributed by atoms with Crippen LogP contribution in [0, 0.1) is 23.7 Å². The molecule has 0 aromatic carbocycles. The Morgan fingerprint density at radius 3 is 1.74 bits per heavy atom. The van der Waals surface area contributed by atoms with E-state index in [4.69, 9.17) is 9.47 Å². The van der Waals surface area contributed by atoms with E-state index in [9.17, 15) is 9.59 Å². The van der Waals surface area contributed by atoms with Gasteiger partial charge in [0.1, 0.15) is 0 Å². The van der Waals surface area contributed by atoms with E-state index in [2.05, 4.69) is 0 Å². The summed E-state index contributed by atoms with van der Waals surface area (Å²) in [6.45, 7) is 3.77. The molecule has 4 aliphatic carbocycles. The van der Waals surface area contributed by atoms with E-state index in [-0.39, 0.29) is 47.4 Å². The number of ketones is 2. The Morgan fingerprint density at radius 1 is 0.895 bits per heavy atom. The molecule has 1 heterocycles. The monoisotopic (exact) mass is 260 g/mol. The van der Waals surface area contributed by atoms with Crippen LogP contribution in [0.4, 0.5) is 0 Å². The molecule has 4 heteroatoms. The fourth-order valence-electron chi connectivity index (χ4n) is 4.13. The quantitative estimate of drug-likeness (QED) is 0.615. The van der Waals surface area contributed by atoms with Gasteiger partial charge in [0.15, 0.2) is 17.4 Å². The molecule has 19 heavy (non-hydrogen) atoms. The Balaban J connectivity index is 1.80. The first-order chi connectivity index (χ1) is 8.98. The van der Waals surface area contributed by atoms with Gasteiger partial charge in [-0.1, -0.05) is 12.2 Å². The topological polar surface area (TPSA) is 52.6 Å². The first-order valence-corrected chi connectivity index (χ1v) is 6.78. The lowest BCUT2D eigenvalue weighted by atomic mass is 9.56. The van der Waals surface area contributed by atoms with Gasteiger partial charge in [-0.15, -0.1) is 0 Å². The molecule has 1 saturated carbocycles. The molecule has 2 bridgehead atoms. The van der Waals surface area contributed by atoms with E-state index in [1.165, 1.54) is 12.2 Å². The minimum atomic E-state index is -0.634. The van der Waals surface area contributed by atoms with Gasteiger partial charge in [0.25, 0.3) is 0 Å². The summed E-state index contributed by atoms with van der Waals surface area (Å²) in [7, 11) is 0. The summed E-state index contributed by atoms with van der Waals surface area (Å²) in [6, 6.07) is 0. The number of hydrogen-bond acceptors (Lipinski definition) is 4. The molecule has 0 amide bonds. The van der Waals surface area contributed by atoms with Crippen molar-refractivity contribution in [3.8, 4) is 0 Å². The first kappa shape index (κ1) is 11.6. The lowest BCUT2D eigenvalue weighted by molar-refractivity contribution is -0.149. The van der Waals surface area contributed by atoms with Crippen LogP contribution >= 0.6 is 0 Å². The standard InChI is InChI=1S/C15H16O4/c1-15(2)18-13-7-3-4-8(14(13)19-15)12-10(17)6-5-9(16)11(7)12/h3-8,11-14H,1-2H3/t7-,8+,11-,12+,13-,14+. The Labute approximate surface area is 111 Å². The summed E-state index contributed by atoms with van der Waals surface area (Å²) >= 11 is 0. The SMILES string of the molecule is CC1(C)O[C@@H]2[C@@H]3C=C[C@H]([C@@H]2O1)[C@H]1C(=O)C=CC(=O)[C@@H]31. The number of allylic oxidation sites excluding steroid dienone is 2. The Kier molecular flexibility index (Phi) is 2.09. The summed E-state index contributed by atoms with van der Waals surface area (Å²) in [5.41, 5.74) is 0. The van der Waals surface area contributed by atoms with Gasteiger partial charge >= 0.3 is 0 Å². The van der Waals surface area contributed by atoms with Crippen molar-refractivity contribution >= 4 is 11.6 Å². The van der Waals surface area contributed by atoms with Crippen molar-refractivity contribution in [2.24, 2.45) is 23.7 Å². The van der Waals surface area contributed by atoms with Crippen LogP contribution in [0.5, 0.6) is 0 Å². The lowest BCUT2D eigenvalue weighted by Gasteiger charge is -2.48. The average Bonchev–Trinajstić information content (AvgIpc) is 2.70. The zero-order valence-corrected chi connectivity index (χ0v) is 10.9. The summed E-state index contributed by atoms with van der Waals surface area (Å²) in [6.07, 6.45) is 6.73. The predicted molar refractivity (Wildman–Crippen MR) is 66.1 cm³/mol. The summed E-state index contributed by atoms with van der Waals surface area (Å²) in [5, 5.41) is 0. The van der Waals surface area contributed by atoms with Gasteiger partial charge < -0.3 is 9.47 Å². The largest absolute Gasteiger partial charge is 0.344 e. The Hall–Kier alpha value is -1.26. The molecule has 1 aliphatic heterocycles. The van der Waals surface area contributed by atoms with E-state index in [1.54, 1.807) is 0 Å². The van der Waals surface area contributed by atoms with Crippen molar-refractivity contribution < 1.29 is 19.1 Å². The molecule has 0 unspecified atom stereocenters. The van der Waals surface area contributed by atoms with Gasteiger partial charge in [-0.25, -0.2) is 0 Å². The molecule has 5 aliphatic rings. The number of rotatable bonds is 0. The second-order valence-corrected chi connectivity index (χ2v) is 6.29. The van der Waals surface area contributed by atoms with Crippen molar-refractivity contribution in [3.05, 3.63) is 24.3 Å². The van der Waals surface area contributed by atoms with E-state index < -0.39 is 5.79 Å². The van der Waals surface area contributed by atoms with Crippen LogP contribution in [-0.2, 0) is 19.1 Å². The summed E-state index contributed by atoms with van der Waals surface area (Å²) in [4.78, 5) is 24.3. The molecular formula is C15H16O4. The van der Waals surface area contributed by atoms with Crippen LogP contribution in [0.15, 0.2) is 24.3 Å². The number of carbonyl (C=O) groups excluding carboxylic acids is 2. The number of ether oxygens (including phenoxy) is 2. The molecule has 1 saturated heterocycles. The molecule has 5 rings (SSSR count). The smallest absolute Gasteiger partial charge is 0.163 e. The Bertz CT molecular complexity index is 486. The van der Waals surface area contributed by atoms with E-state index in [0.717, 1.165) is 0 Å². The van der Waals surface area contributed by atoms with Crippen molar-refractivity contribution in [2.75, 3.05) is 0 Å². The van der Waals surface area contributed by atoms with Gasteiger partial charge in [0, 0.05) is 23.7 Å². The molecule has 0 aromatic heterocycles. The molecule has 4 nitrogen and oxygen atoms in total. The number of hydrogen-bond donors (Lipinski definition) is 0. The van der Waals surface area contributed by atoms with Crippen LogP contribution < -0.4 is 0 Å². The van der Waals surface area contributed by atoms with Gasteiger partial charge in [-0.2, -0.15) is 0 Å². The van der Waals surface area contributed by atoms with Crippen LogP contribution in [0.3, 0.4) is 0 Å². The maximum atomic E-state index is 12.1. The van der Waals surface area contributed by atoms with E-state index >= 15 is 0 Å². The molecule has 0 radical (unpaired) electrons. The van der Waals surface area contributed by atoms with Crippen molar-refractivity contribution in [3.63, 3.8) is 0 Å². The molecular weight excluding hydrogens is 244 g/mol. The van der Waals surface area contributed by atoms with Gasteiger partial charge in [-0.3, -0.25) is 9.59 Å². The molecule has 0 N–H and O–H groups in total. The van der Waals surface area contributed by atoms with Gasteiger partial charge in [0.2, 0.25) is 0 Å². The lowest BCUT2D eigenvalue weighted by Crippen LogP contribution is -2.57. The maximum absolute atomic E-state index is 12.1. The third-order valence-electron chi connectivity index (χ3n) is 4.76. The highest BCUT2D eigenvalue weighted by Gasteiger charge is 2.61. The highest BCUT2D eigenvalue weighted by atomic mass is 16.8. The van der Waals surface area contributed by atoms with Crippen LogP contribution in [0.1, 0.15) is 13.8 Å². The van der Waals surface area contributed by atoms with Crippen LogP contribution in [0.25, 0.3) is 0 Å². The van der Waals surface area contributed by atoms with Gasteiger partial charge in [-0.05, 0) is 26.0 Å². The van der Waals surface area contributed by atoms with Crippen LogP contribution in [0.2, 0.25) is 0 Å². The third kappa shape index (κ3) is 1.41. The highest BCUT2D eigenvalue weighted by molar-refractivity contribution is 6.08. The van der Waals surface area contributed by atoms with Crippen molar-refractivity contribution in [1.29, 1.82) is 0 Å². The summed E-state index contributed by atoms with van der Waals surface area (Å²) < 4.78 is 11.9. The highest BCUT2D eigenvalue weighted by Crippen LogP contribution is 2.53. The summed E-state index contributed by atoms with van der Waals surface area (Å²) in [5.74, 6) is -1.12. The van der Waals surface area contributed by atoms with Crippen LogP contribution in [-0.4, -0.2) is 29.6 Å².